The summed E-state index contributed by atoms with van der Waals surface area (Å²) in [4.78, 5) is 68.2. The van der Waals surface area contributed by atoms with Gasteiger partial charge in [0.1, 0.15) is 73.2 Å². The van der Waals surface area contributed by atoms with Crippen molar-refractivity contribution < 1.29 is 132 Å². The Labute approximate surface area is 772 Å². The van der Waals surface area contributed by atoms with Crippen LogP contribution in [-0.4, -0.2) is 210 Å². The first-order chi connectivity index (χ1) is 64.3. The van der Waals surface area contributed by atoms with Crippen molar-refractivity contribution in [2.45, 2.75) is 231 Å². The van der Waals surface area contributed by atoms with E-state index in [1.165, 1.54) is 33.7 Å². The highest BCUT2D eigenvalue weighted by atomic mass is 31.2. The van der Waals surface area contributed by atoms with E-state index >= 15 is 4.57 Å². The van der Waals surface area contributed by atoms with Crippen molar-refractivity contribution in [1.29, 1.82) is 0 Å². The molecule has 0 amide bonds. The van der Waals surface area contributed by atoms with Crippen molar-refractivity contribution in [1.82, 2.24) is 4.90 Å². The second-order valence-electron chi connectivity index (χ2n) is 32.0. The van der Waals surface area contributed by atoms with E-state index in [9.17, 15) is 24.1 Å². The Morgan fingerprint density at radius 1 is 0.288 bits per heavy atom. The van der Waals surface area contributed by atoms with Gasteiger partial charge in [0, 0.05) is 34.8 Å². The number of carbonyl (C=O) groups is 4. The average molecular weight is 1840 g/mol. The largest absolute Gasteiger partial charge is 0.474 e. The number of methoxy groups -OCH3 is 1. The fraction of sp³-hybridized carbons (Fsp3) is 0.431. The lowest BCUT2D eigenvalue weighted by atomic mass is 9.95. The van der Waals surface area contributed by atoms with E-state index in [1.807, 2.05) is 273 Å². The standard InChI is InChI=1S/C96H107O28P.C6H15N/c1-64(97)114-84-80(118-93(103-5)92(117-67(4)100)88(84)115-65(2)98)63-113-125(101,102)124-96-91(87(112-59-76-49-31-14-32-50-76)83(109-56-73-43-25-11-26-44-73)79(121-96)62-106-53-70-37-19-8-20-38-70)123-95-90(86(111-58-75-47-29-13-30-48-75)82(108-55-72-41-23-10-24-42-72)78(120-95)61-105-52-69-35-17-7-18-36-69)122-94-89(116-66(3)99)85(110-57-74-45-27-12-28-46-74)81(107-54-71-39-21-9-22-40-71)77(119-94)60-104-51-68-33-15-6-16-34-68;1-4-7(5-2)6-3/h6-50,77-96H,51-63H2,1-5H3,(H,101,102);4-6H2,1-3H3/t77-,78-,79-,80-,81-,82-,83-,84-,85+,86+,87+,88+,89+,90+,91+,92+,93+,94+,95+,96-;/m1./s1. The first-order valence-corrected chi connectivity index (χ1v) is 46.1. The van der Waals surface area contributed by atoms with Crippen LogP contribution < -0.4 is 0 Å². The normalized spacial score (nSPS) is 25.8. The maximum atomic E-state index is 15.8. The van der Waals surface area contributed by atoms with E-state index < -0.39 is 161 Å². The second kappa shape index (κ2) is 53.4. The number of ether oxygens (including phenoxy) is 20. The molecule has 21 atom stereocenters. The number of hydrogen-bond acceptors (Lipinski definition) is 28. The molecule has 1 unspecified atom stereocenters. The molecule has 132 heavy (non-hydrogen) atoms. The lowest BCUT2D eigenvalue weighted by Crippen LogP contribution is -2.68. The van der Waals surface area contributed by atoms with Crippen molar-refractivity contribution in [3.8, 4) is 0 Å². The summed E-state index contributed by atoms with van der Waals surface area (Å²) < 4.78 is 164. The van der Waals surface area contributed by atoms with E-state index in [1.54, 1.807) is 0 Å². The lowest BCUT2D eigenvalue weighted by Gasteiger charge is -2.51. The third-order valence-corrected chi connectivity index (χ3v) is 23.2. The number of rotatable bonds is 47. The van der Waals surface area contributed by atoms with Gasteiger partial charge in [-0.15, -0.1) is 0 Å². The number of carbonyl (C=O) groups excluding carboxylic acids is 4. The highest BCUT2D eigenvalue weighted by Gasteiger charge is 2.60. The predicted molar refractivity (Wildman–Crippen MR) is 482 cm³/mol. The first kappa shape index (κ1) is 101. The van der Waals surface area contributed by atoms with Gasteiger partial charge < -0.3 is 105 Å². The molecule has 29 nitrogen and oxygen atoms in total. The Morgan fingerprint density at radius 2 is 0.515 bits per heavy atom. The molecule has 13 rings (SSSR count). The molecule has 0 aromatic heterocycles. The molecule has 708 valence electrons. The van der Waals surface area contributed by atoms with E-state index in [0.29, 0.717) is 11.1 Å². The van der Waals surface area contributed by atoms with E-state index in [4.69, 9.17) is 104 Å². The molecule has 1 N–H and O–H groups in total. The van der Waals surface area contributed by atoms with Gasteiger partial charge in [-0.05, 0) is 69.7 Å². The highest BCUT2D eigenvalue weighted by molar-refractivity contribution is 7.47. The summed E-state index contributed by atoms with van der Waals surface area (Å²) in [5, 5.41) is 0. The molecule has 0 saturated carbocycles. The molecular weight excluding hydrogens is 1720 g/mol. The Bertz CT molecular complexity index is 4840. The number of phosphoric acid groups is 1. The van der Waals surface area contributed by atoms with Crippen LogP contribution in [0.5, 0.6) is 0 Å². The van der Waals surface area contributed by atoms with Crippen LogP contribution in [-0.2, 0) is 187 Å². The number of phosphoric ester groups is 1. The summed E-state index contributed by atoms with van der Waals surface area (Å²) >= 11 is 0. The maximum absolute atomic E-state index is 15.8. The summed E-state index contributed by atoms with van der Waals surface area (Å²) in [6.07, 6.45) is -30.2. The fourth-order valence-corrected chi connectivity index (χ4v) is 16.6. The van der Waals surface area contributed by atoms with Crippen molar-refractivity contribution in [3.63, 3.8) is 0 Å². The molecule has 4 saturated heterocycles. The molecule has 9 aromatic rings. The monoisotopic (exact) mass is 1840 g/mol. The predicted octanol–water partition coefficient (Wildman–Crippen LogP) is 14.7. The third-order valence-electron chi connectivity index (χ3n) is 22.3. The fourth-order valence-electron chi connectivity index (χ4n) is 15.8. The quantitative estimate of drug-likeness (QED) is 0.0210. The summed E-state index contributed by atoms with van der Waals surface area (Å²) in [7, 11) is -4.54. The molecule has 9 aromatic carbocycles. The maximum Gasteiger partial charge on any atom is 0.474 e. The molecule has 4 fully saturated rings. The average Bonchev–Trinajstić information content (AvgIpc) is 0.754. The lowest BCUT2D eigenvalue weighted by molar-refractivity contribution is -0.401. The third kappa shape index (κ3) is 31.5. The van der Waals surface area contributed by atoms with Gasteiger partial charge in [-0.2, -0.15) is 0 Å². The first-order valence-electron chi connectivity index (χ1n) is 44.6. The Hall–Kier alpha value is -9.71. The van der Waals surface area contributed by atoms with Crippen LogP contribution in [0.25, 0.3) is 0 Å². The number of esters is 4. The van der Waals surface area contributed by atoms with Crippen LogP contribution in [0.15, 0.2) is 273 Å². The van der Waals surface area contributed by atoms with Crippen LogP contribution in [0, 0.1) is 0 Å². The molecule has 0 aliphatic carbocycles. The van der Waals surface area contributed by atoms with Gasteiger partial charge in [-0.1, -0.05) is 294 Å². The zero-order chi connectivity index (χ0) is 92.8. The Balaban J connectivity index is 0.00000216. The minimum absolute atomic E-state index is 0.0291. The van der Waals surface area contributed by atoms with E-state index in [2.05, 4.69) is 25.7 Å². The van der Waals surface area contributed by atoms with Crippen molar-refractivity contribution >= 4 is 31.7 Å². The SMILES string of the molecule is CCN(CC)CC.CO[C@H]1O[C@H](COP(=O)(O)O[C@H]2O[C@H](COCc3ccccc3)[C@@H](OCc3ccccc3)[C@H](OCc3ccccc3)[C@@H]2O[C@@H]2O[C@H](COCc3ccccc3)[C@@H](OCc3ccccc3)[C@H](OCc3ccccc3)[C@@H]2O[C@@H]2O[C@H](COCc3ccccc3)[C@@H](OCc3ccccc3)[C@H](OCc3ccccc3)[C@@H]2OC(C)=O)[C@@H](OC(C)=O)[C@H](OC(C)=O)[C@@H]1OC(C)=O. The van der Waals surface area contributed by atoms with Gasteiger partial charge in [0.15, 0.2) is 49.6 Å². The zero-order valence-electron chi connectivity index (χ0n) is 75.7. The van der Waals surface area contributed by atoms with E-state index in [-0.39, 0.29) is 79.3 Å². The van der Waals surface area contributed by atoms with Gasteiger partial charge in [-0.25, -0.2) is 4.57 Å². The van der Waals surface area contributed by atoms with Gasteiger partial charge >= 0.3 is 31.7 Å². The van der Waals surface area contributed by atoms with Crippen molar-refractivity contribution in [2.75, 3.05) is 53.2 Å². The molecule has 0 spiro atoms. The summed E-state index contributed by atoms with van der Waals surface area (Å²) in [5.74, 6) is -3.41. The summed E-state index contributed by atoms with van der Waals surface area (Å²) in [6.45, 7) is 12.8. The highest BCUT2D eigenvalue weighted by Crippen LogP contribution is 2.50. The van der Waals surface area contributed by atoms with Gasteiger partial charge in [0.2, 0.25) is 0 Å². The molecule has 0 radical (unpaired) electrons. The summed E-state index contributed by atoms with van der Waals surface area (Å²) in [6, 6.07) is 84.8. The van der Waals surface area contributed by atoms with Gasteiger partial charge in [0.25, 0.3) is 0 Å². The van der Waals surface area contributed by atoms with Crippen LogP contribution in [0.1, 0.15) is 98.5 Å². The molecule has 4 aliphatic rings. The van der Waals surface area contributed by atoms with Crippen molar-refractivity contribution in [2.24, 2.45) is 0 Å². The molecule has 4 heterocycles. The number of benzene rings is 9. The molecule has 0 bridgehead atoms. The van der Waals surface area contributed by atoms with Crippen LogP contribution in [0.3, 0.4) is 0 Å². The molecular formula is C102H122NO28P. The number of hydrogen-bond donors (Lipinski definition) is 1. The van der Waals surface area contributed by atoms with Crippen LogP contribution in [0.4, 0.5) is 0 Å². The topological polar surface area (TPSA) is 312 Å². The Kier molecular flexibility index (Phi) is 41.0. The zero-order valence-corrected chi connectivity index (χ0v) is 76.6. The van der Waals surface area contributed by atoms with Crippen molar-refractivity contribution in [3.05, 3.63) is 323 Å². The second-order valence-corrected chi connectivity index (χ2v) is 33.4. The van der Waals surface area contributed by atoms with Gasteiger partial charge in [0.05, 0.1) is 85.9 Å². The number of nitrogens with zero attached hydrogens (tertiary/aromatic N) is 1. The van der Waals surface area contributed by atoms with Crippen LogP contribution in [0.2, 0.25) is 0 Å². The smallest absolute Gasteiger partial charge is 0.456 e. The summed E-state index contributed by atoms with van der Waals surface area (Å²) in [5.41, 5.74) is 6.91. The molecule has 30 heteroatoms. The minimum atomic E-state index is -5.75. The molecule has 4 aliphatic heterocycles. The van der Waals surface area contributed by atoms with Crippen LogP contribution >= 0.6 is 7.82 Å². The minimum Gasteiger partial charge on any atom is -0.456 e. The van der Waals surface area contributed by atoms with E-state index in [0.717, 1.165) is 59.7 Å². The Morgan fingerprint density at radius 3 is 0.795 bits per heavy atom. The van der Waals surface area contributed by atoms with Gasteiger partial charge in [-0.3, -0.25) is 28.2 Å².